The zero-order valence-electron chi connectivity index (χ0n) is 13.5. The molecule has 2 amide bonds. The number of carboxylic acid groups (broad SMARTS) is 1. The lowest BCUT2D eigenvalue weighted by Crippen LogP contribution is -2.40. The van der Waals surface area contributed by atoms with Crippen LogP contribution in [0.3, 0.4) is 0 Å². The summed E-state index contributed by atoms with van der Waals surface area (Å²) < 4.78 is 0. The van der Waals surface area contributed by atoms with Gasteiger partial charge in [-0.15, -0.1) is 0 Å². The minimum absolute atomic E-state index is 0.0240. The van der Waals surface area contributed by atoms with Crippen molar-refractivity contribution in [3.05, 3.63) is 35.9 Å². The minimum atomic E-state index is -0.822. The highest BCUT2D eigenvalue weighted by molar-refractivity contribution is 5.83. The molecular formula is C18H22N2O4. The van der Waals surface area contributed by atoms with E-state index in [0.29, 0.717) is 32.4 Å². The second-order valence-electron chi connectivity index (χ2n) is 6.56. The van der Waals surface area contributed by atoms with Crippen LogP contribution in [0.1, 0.15) is 37.3 Å². The lowest BCUT2D eigenvalue weighted by atomic mass is 9.98. The molecule has 2 N–H and O–H groups in total. The van der Waals surface area contributed by atoms with Crippen LogP contribution in [0.5, 0.6) is 0 Å². The predicted octanol–water partition coefficient (Wildman–Crippen LogP) is 1.58. The fraction of sp³-hybridized carbons (Fsp3) is 0.500. The third-order valence-electron chi connectivity index (χ3n) is 5.03. The second kappa shape index (κ2) is 7.03. The summed E-state index contributed by atoms with van der Waals surface area (Å²) in [5.41, 5.74) is 0.940. The van der Waals surface area contributed by atoms with Crippen molar-refractivity contribution in [1.82, 2.24) is 10.2 Å². The van der Waals surface area contributed by atoms with Crippen molar-refractivity contribution in [3.63, 3.8) is 0 Å². The van der Waals surface area contributed by atoms with Crippen molar-refractivity contribution < 1.29 is 19.5 Å². The van der Waals surface area contributed by atoms with E-state index in [1.165, 1.54) is 0 Å². The van der Waals surface area contributed by atoms with Crippen molar-refractivity contribution in [1.29, 1.82) is 0 Å². The Morgan fingerprint density at radius 3 is 2.50 bits per heavy atom. The van der Waals surface area contributed by atoms with E-state index in [0.717, 1.165) is 5.56 Å². The third kappa shape index (κ3) is 3.42. The lowest BCUT2D eigenvalue weighted by Gasteiger charge is -2.31. The molecule has 6 heteroatoms. The van der Waals surface area contributed by atoms with E-state index >= 15 is 0 Å². The third-order valence-corrected chi connectivity index (χ3v) is 5.03. The Hall–Kier alpha value is -2.37. The number of hydrogen-bond acceptors (Lipinski definition) is 3. The maximum absolute atomic E-state index is 13.0. The highest BCUT2D eigenvalue weighted by Crippen LogP contribution is 2.35. The van der Waals surface area contributed by atoms with Crippen LogP contribution in [-0.2, 0) is 14.4 Å². The molecule has 6 nitrogen and oxygen atoms in total. The summed E-state index contributed by atoms with van der Waals surface area (Å²) in [6.07, 6.45) is 1.79. The Bertz CT molecular complexity index is 631. The highest BCUT2D eigenvalue weighted by atomic mass is 16.4. The average molecular weight is 330 g/mol. The van der Waals surface area contributed by atoms with Gasteiger partial charge in [-0.1, -0.05) is 30.3 Å². The van der Waals surface area contributed by atoms with Gasteiger partial charge in [0.25, 0.3) is 0 Å². The number of carbonyl (C=O) groups is 3. The zero-order chi connectivity index (χ0) is 17.1. The SMILES string of the molecule is O=C1C[C@@H](c2ccccc2)N(C(=O)[C@H]2CC[C@@H](C(=O)O)C2)CCN1. The summed E-state index contributed by atoms with van der Waals surface area (Å²) in [5.74, 6) is -1.60. The van der Waals surface area contributed by atoms with Crippen LogP contribution in [0.25, 0.3) is 0 Å². The van der Waals surface area contributed by atoms with Gasteiger partial charge in [-0.3, -0.25) is 14.4 Å². The summed E-state index contributed by atoms with van der Waals surface area (Å²) in [7, 11) is 0. The first-order valence-electron chi connectivity index (χ1n) is 8.41. The molecule has 128 valence electrons. The van der Waals surface area contributed by atoms with Crippen molar-refractivity contribution in [2.24, 2.45) is 11.8 Å². The molecule has 1 saturated carbocycles. The van der Waals surface area contributed by atoms with Gasteiger partial charge in [0.2, 0.25) is 11.8 Å². The lowest BCUT2D eigenvalue weighted by molar-refractivity contribution is -0.142. The van der Waals surface area contributed by atoms with Gasteiger partial charge in [-0.25, -0.2) is 0 Å². The van der Waals surface area contributed by atoms with E-state index in [4.69, 9.17) is 5.11 Å². The van der Waals surface area contributed by atoms with Gasteiger partial charge < -0.3 is 15.3 Å². The van der Waals surface area contributed by atoms with Crippen LogP contribution in [-0.4, -0.2) is 40.9 Å². The van der Waals surface area contributed by atoms with Crippen LogP contribution in [0.2, 0.25) is 0 Å². The number of nitrogens with zero attached hydrogens (tertiary/aromatic N) is 1. The summed E-state index contributed by atoms with van der Waals surface area (Å²) in [4.78, 5) is 37.9. The molecule has 3 rings (SSSR count). The topological polar surface area (TPSA) is 86.7 Å². The summed E-state index contributed by atoms with van der Waals surface area (Å²) >= 11 is 0. The number of aliphatic carboxylic acids is 1. The number of benzene rings is 1. The number of carboxylic acids is 1. The normalized spacial score (nSPS) is 27.4. The van der Waals surface area contributed by atoms with Gasteiger partial charge in [0, 0.05) is 19.0 Å². The van der Waals surface area contributed by atoms with E-state index in [2.05, 4.69) is 5.32 Å². The molecule has 2 fully saturated rings. The first kappa shape index (κ1) is 16.5. The summed E-state index contributed by atoms with van der Waals surface area (Å²) in [6.45, 7) is 0.890. The van der Waals surface area contributed by atoms with E-state index in [-0.39, 0.29) is 30.2 Å². The molecular weight excluding hydrogens is 308 g/mol. The largest absolute Gasteiger partial charge is 0.481 e. The van der Waals surface area contributed by atoms with Crippen LogP contribution < -0.4 is 5.32 Å². The molecule has 1 heterocycles. The van der Waals surface area contributed by atoms with Crippen LogP contribution >= 0.6 is 0 Å². The van der Waals surface area contributed by atoms with E-state index < -0.39 is 11.9 Å². The first-order valence-corrected chi connectivity index (χ1v) is 8.41. The Morgan fingerprint density at radius 1 is 1.12 bits per heavy atom. The zero-order valence-corrected chi connectivity index (χ0v) is 13.5. The number of rotatable bonds is 3. The molecule has 0 unspecified atom stereocenters. The average Bonchev–Trinajstić information content (AvgIpc) is 3.00. The molecule has 0 aromatic heterocycles. The smallest absolute Gasteiger partial charge is 0.306 e. The molecule has 0 radical (unpaired) electrons. The maximum atomic E-state index is 13.0. The quantitative estimate of drug-likeness (QED) is 0.881. The minimum Gasteiger partial charge on any atom is -0.481 e. The summed E-state index contributed by atoms with van der Waals surface area (Å²) in [6, 6.07) is 9.27. The van der Waals surface area contributed by atoms with Gasteiger partial charge >= 0.3 is 5.97 Å². The van der Waals surface area contributed by atoms with Gasteiger partial charge in [0.15, 0.2) is 0 Å². The van der Waals surface area contributed by atoms with Crippen molar-refractivity contribution in [2.45, 2.75) is 31.7 Å². The fourth-order valence-electron chi connectivity index (χ4n) is 3.73. The number of nitrogens with one attached hydrogen (secondary N) is 1. The van der Waals surface area contributed by atoms with Gasteiger partial charge in [-0.05, 0) is 24.8 Å². The monoisotopic (exact) mass is 330 g/mol. The molecule has 1 aliphatic heterocycles. The first-order chi connectivity index (χ1) is 11.6. The van der Waals surface area contributed by atoms with E-state index in [1.54, 1.807) is 4.90 Å². The van der Waals surface area contributed by atoms with Crippen molar-refractivity contribution in [3.8, 4) is 0 Å². The van der Waals surface area contributed by atoms with E-state index in [1.807, 2.05) is 30.3 Å². The molecule has 24 heavy (non-hydrogen) atoms. The Kier molecular flexibility index (Phi) is 4.83. The standard InChI is InChI=1S/C18H22N2O4/c21-16-11-15(12-4-2-1-3-5-12)20(9-8-19-16)17(22)13-6-7-14(10-13)18(23)24/h1-5,13-15H,6-11H2,(H,19,21)(H,23,24)/t13-,14+,15-/m0/s1. The van der Waals surface area contributed by atoms with Crippen LogP contribution in [0, 0.1) is 11.8 Å². The fourth-order valence-corrected chi connectivity index (χ4v) is 3.73. The second-order valence-corrected chi connectivity index (χ2v) is 6.56. The van der Waals surface area contributed by atoms with Crippen LogP contribution in [0.15, 0.2) is 30.3 Å². The Balaban J connectivity index is 1.81. The van der Waals surface area contributed by atoms with Crippen molar-refractivity contribution in [2.75, 3.05) is 13.1 Å². The highest BCUT2D eigenvalue weighted by Gasteiger charge is 2.39. The van der Waals surface area contributed by atoms with Crippen molar-refractivity contribution >= 4 is 17.8 Å². The Morgan fingerprint density at radius 2 is 1.83 bits per heavy atom. The number of carbonyl (C=O) groups excluding carboxylic acids is 2. The molecule has 0 spiro atoms. The van der Waals surface area contributed by atoms with Gasteiger partial charge in [0.1, 0.15) is 0 Å². The Labute approximate surface area is 140 Å². The molecule has 2 aliphatic rings. The predicted molar refractivity (Wildman–Crippen MR) is 87.0 cm³/mol. The molecule has 3 atom stereocenters. The molecule has 1 aromatic rings. The molecule has 1 saturated heterocycles. The number of amides is 2. The summed E-state index contributed by atoms with van der Waals surface area (Å²) in [5, 5.41) is 12.0. The molecule has 1 aromatic carbocycles. The van der Waals surface area contributed by atoms with Gasteiger partial charge in [0.05, 0.1) is 18.4 Å². The number of hydrogen-bond donors (Lipinski definition) is 2. The maximum Gasteiger partial charge on any atom is 0.306 e. The van der Waals surface area contributed by atoms with E-state index in [9.17, 15) is 14.4 Å². The molecule has 1 aliphatic carbocycles. The van der Waals surface area contributed by atoms with Crippen LogP contribution in [0.4, 0.5) is 0 Å². The van der Waals surface area contributed by atoms with Gasteiger partial charge in [-0.2, -0.15) is 0 Å². The molecule has 0 bridgehead atoms.